The fourth-order valence-electron chi connectivity index (χ4n) is 3.36. The minimum absolute atomic E-state index is 0.00490. The van der Waals surface area contributed by atoms with Gasteiger partial charge in [-0.05, 0) is 42.5 Å². The molecule has 0 radical (unpaired) electrons. The van der Waals surface area contributed by atoms with E-state index in [1.54, 1.807) is 6.92 Å². The number of hydrogen-bond donors (Lipinski definition) is 1. The summed E-state index contributed by atoms with van der Waals surface area (Å²) < 4.78 is 0. The number of Topliss-reactive ketones (excluding diaryl/α,β-unsaturated/α-hetero) is 1. The van der Waals surface area contributed by atoms with E-state index in [1.165, 1.54) is 22.5 Å². The molecule has 0 bridgehead atoms. The van der Waals surface area contributed by atoms with E-state index in [2.05, 4.69) is 0 Å². The van der Waals surface area contributed by atoms with Crippen LogP contribution in [0.1, 0.15) is 34.1 Å². The highest BCUT2D eigenvalue weighted by molar-refractivity contribution is 7.21. The number of rotatable bonds is 2. The first-order chi connectivity index (χ1) is 11.1. The van der Waals surface area contributed by atoms with Crippen LogP contribution in [0.3, 0.4) is 0 Å². The number of aryl methyl sites for hydroxylation is 1. The van der Waals surface area contributed by atoms with Crippen molar-refractivity contribution in [3.63, 3.8) is 0 Å². The molecule has 116 valence electrons. The summed E-state index contributed by atoms with van der Waals surface area (Å²) in [6.45, 7) is 1.56. The van der Waals surface area contributed by atoms with Crippen molar-refractivity contribution in [2.75, 3.05) is 5.73 Å². The number of anilines is 1. The molecule has 5 heteroatoms. The molecule has 0 saturated carbocycles. The number of hydrogen-bond acceptors (Lipinski definition) is 4. The van der Waals surface area contributed by atoms with Gasteiger partial charge in [-0.2, -0.15) is 0 Å². The van der Waals surface area contributed by atoms with Crippen LogP contribution in [0.15, 0.2) is 24.3 Å². The van der Waals surface area contributed by atoms with Gasteiger partial charge in [-0.15, -0.1) is 11.3 Å². The molecule has 3 nitrogen and oxygen atoms in total. The van der Waals surface area contributed by atoms with Crippen LogP contribution >= 0.6 is 22.9 Å². The standard InChI is InChI=1S/C18H15ClN2OS/c1-9(22)17-15(20)14-12-3-2-4-13(12)16(21-18(14)23-17)10-5-7-11(19)8-6-10/h5-8H,2-4,20H2,1H3. The zero-order valence-electron chi connectivity index (χ0n) is 12.6. The van der Waals surface area contributed by atoms with E-state index in [0.29, 0.717) is 15.6 Å². The lowest BCUT2D eigenvalue weighted by Crippen LogP contribution is -1.97. The van der Waals surface area contributed by atoms with Gasteiger partial charge in [-0.25, -0.2) is 4.98 Å². The number of carbonyl (C=O) groups excluding carboxylic acids is 1. The molecule has 4 rings (SSSR count). The average molecular weight is 343 g/mol. The van der Waals surface area contributed by atoms with Crippen molar-refractivity contribution >= 4 is 44.6 Å². The van der Waals surface area contributed by atoms with Gasteiger partial charge < -0.3 is 5.73 Å². The number of fused-ring (bicyclic) bond motifs is 3. The average Bonchev–Trinajstić information content (AvgIpc) is 3.12. The number of halogens is 1. The van der Waals surface area contributed by atoms with E-state index < -0.39 is 0 Å². The number of nitrogens with zero attached hydrogens (tertiary/aromatic N) is 1. The van der Waals surface area contributed by atoms with Crippen molar-refractivity contribution in [1.82, 2.24) is 4.98 Å². The topological polar surface area (TPSA) is 56.0 Å². The number of benzene rings is 1. The second-order valence-corrected chi connectivity index (χ2v) is 7.29. The van der Waals surface area contributed by atoms with E-state index in [1.807, 2.05) is 24.3 Å². The zero-order chi connectivity index (χ0) is 16.1. The van der Waals surface area contributed by atoms with Gasteiger partial charge in [0.2, 0.25) is 0 Å². The molecular formula is C18H15ClN2OS. The van der Waals surface area contributed by atoms with Crippen molar-refractivity contribution in [2.24, 2.45) is 0 Å². The Kier molecular flexibility index (Phi) is 3.39. The van der Waals surface area contributed by atoms with Crippen molar-refractivity contribution in [1.29, 1.82) is 0 Å². The third-order valence-corrected chi connectivity index (χ3v) is 5.84. The van der Waals surface area contributed by atoms with Crippen LogP contribution < -0.4 is 5.73 Å². The molecule has 2 N–H and O–H groups in total. The third-order valence-electron chi connectivity index (χ3n) is 4.38. The minimum atomic E-state index is 0.00490. The normalized spacial score (nSPS) is 13.5. The van der Waals surface area contributed by atoms with Gasteiger partial charge >= 0.3 is 0 Å². The monoisotopic (exact) mass is 342 g/mol. The molecule has 1 aliphatic carbocycles. The first-order valence-corrected chi connectivity index (χ1v) is 8.76. The molecule has 0 spiro atoms. The van der Waals surface area contributed by atoms with Gasteiger partial charge in [-0.3, -0.25) is 4.79 Å². The molecule has 3 aromatic rings. The maximum Gasteiger partial charge on any atom is 0.171 e. The molecule has 0 atom stereocenters. The van der Waals surface area contributed by atoms with Crippen molar-refractivity contribution < 1.29 is 4.79 Å². The van der Waals surface area contributed by atoms with E-state index in [0.717, 1.165) is 40.7 Å². The maximum atomic E-state index is 11.8. The molecule has 0 amide bonds. The number of pyridine rings is 1. The Morgan fingerprint density at radius 3 is 2.61 bits per heavy atom. The first kappa shape index (κ1) is 14.7. The highest BCUT2D eigenvalue weighted by atomic mass is 35.5. The fraction of sp³-hybridized carbons (Fsp3) is 0.222. The Morgan fingerprint density at radius 1 is 1.22 bits per heavy atom. The molecule has 2 heterocycles. The number of nitrogen functional groups attached to an aromatic ring is 1. The minimum Gasteiger partial charge on any atom is -0.397 e. The number of carbonyl (C=O) groups is 1. The summed E-state index contributed by atoms with van der Waals surface area (Å²) in [5, 5.41) is 1.70. The number of thiophene rings is 1. The van der Waals surface area contributed by atoms with Crippen molar-refractivity contribution in [2.45, 2.75) is 26.2 Å². The first-order valence-electron chi connectivity index (χ1n) is 7.57. The largest absolute Gasteiger partial charge is 0.397 e. The second kappa shape index (κ2) is 5.32. The number of aromatic nitrogens is 1. The lowest BCUT2D eigenvalue weighted by Gasteiger charge is -2.10. The van der Waals surface area contributed by atoms with Gasteiger partial charge in [0.15, 0.2) is 5.78 Å². The molecular weight excluding hydrogens is 328 g/mol. The highest BCUT2D eigenvalue weighted by Gasteiger charge is 2.25. The predicted molar refractivity (Wildman–Crippen MR) is 96.5 cm³/mol. The van der Waals surface area contributed by atoms with Crippen LogP contribution in [0.4, 0.5) is 5.69 Å². The van der Waals surface area contributed by atoms with E-state index in [-0.39, 0.29) is 5.78 Å². The summed E-state index contributed by atoms with van der Waals surface area (Å²) in [6, 6.07) is 7.76. The fourth-order valence-corrected chi connectivity index (χ4v) is 4.51. The Balaban J connectivity index is 2.03. The van der Waals surface area contributed by atoms with Crippen LogP contribution in [0.25, 0.3) is 21.5 Å². The van der Waals surface area contributed by atoms with Crippen LogP contribution in [0.5, 0.6) is 0 Å². The van der Waals surface area contributed by atoms with Gasteiger partial charge in [0.05, 0.1) is 16.3 Å². The Hall–Kier alpha value is -1.91. The van der Waals surface area contributed by atoms with Crippen LogP contribution in [-0.4, -0.2) is 10.8 Å². The van der Waals surface area contributed by atoms with Gasteiger partial charge in [0.1, 0.15) is 4.83 Å². The van der Waals surface area contributed by atoms with Gasteiger partial charge in [-0.1, -0.05) is 23.7 Å². The van der Waals surface area contributed by atoms with Crippen molar-refractivity contribution in [3.05, 3.63) is 45.3 Å². The van der Waals surface area contributed by atoms with Gasteiger partial charge in [0, 0.05) is 22.9 Å². The molecule has 1 aliphatic rings. The molecule has 0 unspecified atom stereocenters. The quantitative estimate of drug-likeness (QED) is 0.674. The lowest BCUT2D eigenvalue weighted by atomic mass is 10.00. The van der Waals surface area contributed by atoms with Gasteiger partial charge in [0.25, 0.3) is 0 Å². The number of ketones is 1. The molecule has 0 fully saturated rings. The molecule has 23 heavy (non-hydrogen) atoms. The lowest BCUT2D eigenvalue weighted by molar-refractivity contribution is 0.102. The smallest absolute Gasteiger partial charge is 0.171 e. The SMILES string of the molecule is CC(=O)c1sc2nc(-c3ccc(Cl)cc3)c3c(c2c1N)CCC3. The van der Waals surface area contributed by atoms with E-state index >= 15 is 0 Å². The summed E-state index contributed by atoms with van der Waals surface area (Å²) in [5.74, 6) is 0.00490. The number of nitrogens with two attached hydrogens (primary N) is 1. The highest BCUT2D eigenvalue weighted by Crippen LogP contribution is 2.42. The summed E-state index contributed by atoms with van der Waals surface area (Å²) in [6.07, 6.45) is 3.09. The van der Waals surface area contributed by atoms with Crippen molar-refractivity contribution in [3.8, 4) is 11.3 Å². The van der Waals surface area contributed by atoms with Crippen LogP contribution in [-0.2, 0) is 12.8 Å². The maximum absolute atomic E-state index is 11.8. The van der Waals surface area contributed by atoms with Crippen LogP contribution in [0, 0.1) is 0 Å². The molecule has 0 saturated heterocycles. The summed E-state index contributed by atoms with van der Waals surface area (Å²) in [4.78, 5) is 18.2. The summed E-state index contributed by atoms with van der Waals surface area (Å²) >= 11 is 7.40. The molecule has 1 aromatic carbocycles. The Labute approximate surface area is 143 Å². The zero-order valence-corrected chi connectivity index (χ0v) is 14.2. The Morgan fingerprint density at radius 2 is 1.91 bits per heavy atom. The third kappa shape index (κ3) is 2.25. The molecule has 0 aliphatic heterocycles. The molecule has 2 aromatic heterocycles. The van der Waals surface area contributed by atoms with Crippen LogP contribution in [0.2, 0.25) is 5.02 Å². The summed E-state index contributed by atoms with van der Waals surface area (Å²) in [7, 11) is 0. The second-order valence-electron chi connectivity index (χ2n) is 5.86. The van der Waals surface area contributed by atoms with E-state index in [4.69, 9.17) is 22.3 Å². The predicted octanol–water partition coefficient (Wildman–Crippen LogP) is 4.89. The summed E-state index contributed by atoms with van der Waals surface area (Å²) in [5.41, 5.74) is 11.4. The van der Waals surface area contributed by atoms with E-state index in [9.17, 15) is 4.79 Å². The Bertz CT molecular complexity index is 944.